The van der Waals surface area contributed by atoms with E-state index in [1.807, 2.05) is 18.2 Å². The molecule has 0 amide bonds. The van der Waals surface area contributed by atoms with Crippen molar-refractivity contribution in [2.75, 3.05) is 11.9 Å². The van der Waals surface area contributed by atoms with Crippen LogP contribution in [0.4, 0.5) is 5.13 Å². The van der Waals surface area contributed by atoms with Gasteiger partial charge < -0.3 is 5.32 Å². The molecule has 8 heteroatoms. The number of nitrogens with one attached hydrogen (secondary N) is 1. The first-order valence-electron chi connectivity index (χ1n) is 6.94. The minimum atomic E-state index is -0.0660. The Kier molecular flexibility index (Phi) is 4.69. The van der Waals surface area contributed by atoms with Gasteiger partial charge in [0.1, 0.15) is 5.65 Å². The van der Waals surface area contributed by atoms with Gasteiger partial charge in [-0.05, 0) is 18.6 Å². The van der Waals surface area contributed by atoms with E-state index >= 15 is 0 Å². The molecule has 3 heterocycles. The molecule has 3 aromatic heterocycles. The molecule has 6 nitrogen and oxygen atoms in total. The molecule has 114 valence electrons. The average Bonchev–Trinajstić information content (AvgIpc) is 2.99. The van der Waals surface area contributed by atoms with Gasteiger partial charge in [0.05, 0.1) is 5.69 Å². The van der Waals surface area contributed by atoms with Crippen molar-refractivity contribution in [2.24, 2.45) is 0 Å². The molecular weight excluding hydrogens is 318 g/mol. The summed E-state index contributed by atoms with van der Waals surface area (Å²) in [6.07, 6.45) is 2.77. The zero-order valence-electron chi connectivity index (χ0n) is 12.0. The molecule has 22 heavy (non-hydrogen) atoms. The Morgan fingerprint density at radius 3 is 3.14 bits per heavy atom. The summed E-state index contributed by atoms with van der Waals surface area (Å²) >= 11 is 3.06. The summed E-state index contributed by atoms with van der Waals surface area (Å²) in [5, 5.41) is 12.2. The normalized spacial score (nSPS) is 11.0. The SMILES string of the molecule is CCCNc1nnc(SCc2cc(=O)n3ccccc3n2)s1. The molecule has 3 aromatic rings. The van der Waals surface area contributed by atoms with E-state index in [1.165, 1.54) is 27.5 Å². The molecule has 3 rings (SSSR count). The van der Waals surface area contributed by atoms with Crippen molar-refractivity contribution in [1.29, 1.82) is 0 Å². The average molecular weight is 333 g/mol. The van der Waals surface area contributed by atoms with Gasteiger partial charge in [0.15, 0.2) is 4.34 Å². The quantitative estimate of drug-likeness (QED) is 0.699. The van der Waals surface area contributed by atoms with E-state index in [2.05, 4.69) is 27.4 Å². The molecule has 0 aromatic carbocycles. The Labute approximate surface area is 135 Å². The van der Waals surface area contributed by atoms with Crippen LogP contribution in [0.5, 0.6) is 0 Å². The molecule has 0 atom stereocenters. The summed E-state index contributed by atoms with van der Waals surface area (Å²) < 4.78 is 2.40. The maximum Gasteiger partial charge on any atom is 0.258 e. The fourth-order valence-corrected chi connectivity index (χ4v) is 3.55. The highest BCUT2D eigenvalue weighted by atomic mass is 32.2. The number of pyridine rings is 1. The minimum Gasteiger partial charge on any atom is -0.360 e. The fourth-order valence-electron chi connectivity index (χ4n) is 1.88. The lowest BCUT2D eigenvalue weighted by Gasteiger charge is -2.02. The van der Waals surface area contributed by atoms with E-state index in [0.29, 0.717) is 11.4 Å². The van der Waals surface area contributed by atoms with Gasteiger partial charge in [0, 0.05) is 24.6 Å². The van der Waals surface area contributed by atoms with Gasteiger partial charge in [-0.1, -0.05) is 36.1 Å². The third-order valence-electron chi connectivity index (χ3n) is 2.90. The number of nitrogens with zero attached hydrogens (tertiary/aromatic N) is 4. The number of anilines is 1. The Balaban J connectivity index is 1.71. The van der Waals surface area contributed by atoms with Crippen LogP contribution in [0.1, 0.15) is 19.0 Å². The van der Waals surface area contributed by atoms with E-state index in [4.69, 9.17) is 0 Å². The molecule has 1 N–H and O–H groups in total. The summed E-state index contributed by atoms with van der Waals surface area (Å²) in [7, 11) is 0. The molecule has 0 unspecified atom stereocenters. The molecule has 0 fully saturated rings. The molecule has 0 aliphatic carbocycles. The highest BCUT2D eigenvalue weighted by Crippen LogP contribution is 2.27. The number of fused-ring (bicyclic) bond motifs is 1. The van der Waals surface area contributed by atoms with Crippen molar-refractivity contribution in [3.63, 3.8) is 0 Å². The highest BCUT2D eigenvalue weighted by Gasteiger charge is 2.07. The van der Waals surface area contributed by atoms with E-state index in [9.17, 15) is 4.79 Å². The molecule has 0 aliphatic rings. The fraction of sp³-hybridized carbons (Fsp3) is 0.286. The summed E-state index contributed by atoms with van der Waals surface area (Å²) in [6, 6.07) is 7.08. The zero-order chi connectivity index (χ0) is 15.4. The van der Waals surface area contributed by atoms with E-state index in [-0.39, 0.29) is 5.56 Å². The Morgan fingerprint density at radius 1 is 1.36 bits per heavy atom. The van der Waals surface area contributed by atoms with Crippen LogP contribution < -0.4 is 10.9 Å². The minimum absolute atomic E-state index is 0.0660. The summed E-state index contributed by atoms with van der Waals surface area (Å²) in [5.41, 5.74) is 1.34. The Hall–Kier alpha value is -1.93. The summed E-state index contributed by atoms with van der Waals surface area (Å²) in [6.45, 7) is 3.00. The topological polar surface area (TPSA) is 72.2 Å². The first-order chi connectivity index (χ1) is 10.8. The lowest BCUT2D eigenvalue weighted by molar-refractivity contribution is 0.951. The van der Waals surface area contributed by atoms with E-state index < -0.39 is 0 Å². The first-order valence-corrected chi connectivity index (χ1v) is 8.74. The van der Waals surface area contributed by atoms with Crippen LogP contribution in [0.25, 0.3) is 5.65 Å². The Bertz CT molecular complexity index is 829. The molecule has 0 spiro atoms. The zero-order valence-corrected chi connectivity index (χ0v) is 13.7. The summed E-state index contributed by atoms with van der Waals surface area (Å²) in [5.74, 6) is 0.600. The van der Waals surface area contributed by atoms with Gasteiger partial charge >= 0.3 is 0 Å². The lowest BCUT2D eigenvalue weighted by Crippen LogP contribution is -2.14. The van der Waals surface area contributed by atoms with Crippen LogP contribution in [0.15, 0.2) is 39.6 Å². The summed E-state index contributed by atoms with van der Waals surface area (Å²) in [4.78, 5) is 16.5. The van der Waals surface area contributed by atoms with Gasteiger partial charge in [-0.3, -0.25) is 9.20 Å². The van der Waals surface area contributed by atoms with Crippen LogP contribution in [-0.2, 0) is 5.75 Å². The van der Waals surface area contributed by atoms with Crippen LogP contribution in [0.3, 0.4) is 0 Å². The van der Waals surface area contributed by atoms with Crippen LogP contribution >= 0.6 is 23.1 Å². The molecule has 0 saturated heterocycles. The number of hydrogen-bond acceptors (Lipinski definition) is 7. The standard InChI is InChI=1S/C14H15N5OS2/c1-2-6-15-13-17-18-14(22-13)21-9-10-8-12(20)19-7-4-3-5-11(19)16-10/h3-5,7-8H,2,6,9H2,1H3,(H,15,17). The number of rotatable bonds is 6. The van der Waals surface area contributed by atoms with E-state index in [1.54, 1.807) is 12.3 Å². The van der Waals surface area contributed by atoms with Crippen molar-refractivity contribution in [3.8, 4) is 0 Å². The second-order valence-electron chi connectivity index (χ2n) is 4.60. The smallest absolute Gasteiger partial charge is 0.258 e. The van der Waals surface area contributed by atoms with Crippen molar-refractivity contribution in [1.82, 2.24) is 19.6 Å². The number of thioether (sulfide) groups is 1. The predicted molar refractivity (Wildman–Crippen MR) is 89.7 cm³/mol. The third-order valence-corrected chi connectivity index (χ3v) is 4.95. The monoisotopic (exact) mass is 333 g/mol. The first kappa shape index (κ1) is 15.0. The van der Waals surface area contributed by atoms with Crippen molar-refractivity contribution in [3.05, 3.63) is 46.5 Å². The highest BCUT2D eigenvalue weighted by molar-refractivity contribution is 8.00. The van der Waals surface area contributed by atoms with Gasteiger partial charge in [-0.15, -0.1) is 10.2 Å². The van der Waals surface area contributed by atoms with Crippen molar-refractivity contribution in [2.45, 2.75) is 23.4 Å². The maximum atomic E-state index is 12.0. The molecular formula is C14H15N5OS2. The maximum absolute atomic E-state index is 12.0. The van der Waals surface area contributed by atoms with Crippen LogP contribution in [0.2, 0.25) is 0 Å². The second kappa shape index (κ2) is 6.89. The predicted octanol–water partition coefficient (Wildman–Crippen LogP) is 2.66. The van der Waals surface area contributed by atoms with Crippen molar-refractivity contribution >= 4 is 33.9 Å². The van der Waals surface area contributed by atoms with Gasteiger partial charge in [0.2, 0.25) is 5.13 Å². The number of hydrogen-bond donors (Lipinski definition) is 1. The molecule has 0 bridgehead atoms. The van der Waals surface area contributed by atoms with E-state index in [0.717, 1.165) is 28.1 Å². The van der Waals surface area contributed by atoms with Gasteiger partial charge in [-0.25, -0.2) is 4.98 Å². The third kappa shape index (κ3) is 3.45. The molecule has 0 aliphatic heterocycles. The van der Waals surface area contributed by atoms with Crippen LogP contribution in [-0.4, -0.2) is 26.1 Å². The Morgan fingerprint density at radius 2 is 2.27 bits per heavy atom. The molecule has 0 saturated carbocycles. The molecule has 0 radical (unpaired) electrons. The van der Waals surface area contributed by atoms with Crippen LogP contribution in [0, 0.1) is 0 Å². The largest absolute Gasteiger partial charge is 0.360 e. The van der Waals surface area contributed by atoms with Crippen molar-refractivity contribution < 1.29 is 0 Å². The van der Waals surface area contributed by atoms with Gasteiger partial charge in [-0.2, -0.15) is 0 Å². The second-order valence-corrected chi connectivity index (χ2v) is 6.80. The number of aromatic nitrogens is 4. The van der Waals surface area contributed by atoms with Gasteiger partial charge in [0.25, 0.3) is 5.56 Å². The lowest BCUT2D eigenvalue weighted by atomic mass is 10.4.